The van der Waals surface area contributed by atoms with Crippen molar-refractivity contribution in [3.8, 4) is 17.2 Å². The first-order chi connectivity index (χ1) is 20.9. The van der Waals surface area contributed by atoms with Crippen molar-refractivity contribution in [2.75, 3.05) is 31.9 Å². The number of hydrogen-bond donors (Lipinski definition) is 2. The van der Waals surface area contributed by atoms with Crippen molar-refractivity contribution in [2.45, 2.75) is 11.8 Å². The molecule has 220 valence electrons. The topological polar surface area (TPSA) is 103 Å². The number of amides is 2. The number of carbonyl (C=O) groups is 3. The van der Waals surface area contributed by atoms with Gasteiger partial charge in [-0.2, -0.15) is 0 Å². The van der Waals surface area contributed by atoms with Gasteiger partial charge < -0.3 is 24.8 Å². The van der Waals surface area contributed by atoms with E-state index in [1.807, 2.05) is 13.0 Å². The highest BCUT2D eigenvalue weighted by atomic mass is 32.2. The number of hydrogen-bond acceptors (Lipinski definition) is 7. The molecule has 4 aromatic rings. The molecule has 2 N–H and O–H groups in total. The van der Waals surface area contributed by atoms with E-state index in [0.29, 0.717) is 46.2 Å². The molecule has 0 aliphatic carbocycles. The predicted octanol–water partition coefficient (Wildman–Crippen LogP) is 6.49. The van der Waals surface area contributed by atoms with Crippen LogP contribution in [0.1, 0.15) is 33.2 Å². The zero-order valence-corrected chi connectivity index (χ0v) is 24.9. The number of thioether (sulfide) groups is 1. The molecule has 0 unspecified atom stereocenters. The van der Waals surface area contributed by atoms with Crippen LogP contribution in [0.5, 0.6) is 17.2 Å². The molecule has 0 spiro atoms. The van der Waals surface area contributed by atoms with Gasteiger partial charge in [0.15, 0.2) is 5.78 Å². The summed E-state index contributed by atoms with van der Waals surface area (Å²) in [5.41, 5.74) is 2.04. The number of Topliss-reactive ketones (excluding diaryl/α,β-unsaturated/α-hetero) is 1. The molecule has 0 heterocycles. The van der Waals surface area contributed by atoms with Crippen LogP contribution in [0.15, 0.2) is 108 Å². The van der Waals surface area contributed by atoms with E-state index in [2.05, 4.69) is 10.6 Å². The molecule has 0 saturated carbocycles. The third-order valence-electron chi connectivity index (χ3n) is 6.21. The highest BCUT2D eigenvalue weighted by Crippen LogP contribution is 2.27. The summed E-state index contributed by atoms with van der Waals surface area (Å²) in [4.78, 5) is 40.1. The van der Waals surface area contributed by atoms with Crippen molar-refractivity contribution in [2.24, 2.45) is 0 Å². The molecule has 4 aromatic carbocycles. The average molecular weight is 597 g/mol. The Bertz CT molecular complexity index is 1600. The van der Waals surface area contributed by atoms with Crippen LogP contribution in [-0.4, -0.2) is 44.2 Å². The third kappa shape index (κ3) is 8.73. The number of rotatable bonds is 13. The molecule has 0 atom stereocenters. The minimum absolute atomic E-state index is 0.00383. The van der Waals surface area contributed by atoms with Crippen LogP contribution < -0.4 is 24.8 Å². The van der Waals surface area contributed by atoms with Gasteiger partial charge in [-0.3, -0.25) is 14.4 Å². The fourth-order valence-corrected chi connectivity index (χ4v) is 4.90. The lowest BCUT2D eigenvalue weighted by molar-refractivity contribution is -0.113. The van der Waals surface area contributed by atoms with E-state index in [1.54, 1.807) is 91.0 Å². The number of nitrogens with one attached hydrogen (secondary N) is 2. The fourth-order valence-electron chi connectivity index (χ4n) is 4.05. The van der Waals surface area contributed by atoms with Crippen LogP contribution in [0.3, 0.4) is 0 Å². The van der Waals surface area contributed by atoms with Gasteiger partial charge in [0, 0.05) is 27.3 Å². The molecule has 0 aliphatic rings. The number of ether oxygens (including phenoxy) is 3. The van der Waals surface area contributed by atoms with Crippen molar-refractivity contribution in [1.29, 1.82) is 0 Å². The Morgan fingerprint density at radius 3 is 2.23 bits per heavy atom. The molecular formula is C34H32N2O6S. The molecule has 0 bridgehead atoms. The van der Waals surface area contributed by atoms with Gasteiger partial charge in [-0.15, -0.1) is 11.8 Å². The number of methoxy groups -OCH3 is 2. The second-order valence-corrected chi connectivity index (χ2v) is 10.2. The molecule has 0 fully saturated rings. The summed E-state index contributed by atoms with van der Waals surface area (Å²) in [7, 11) is 3.06. The lowest BCUT2D eigenvalue weighted by Crippen LogP contribution is -2.30. The van der Waals surface area contributed by atoms with Crippen molar-refractivity contribution in [3.63, 3.8) is 0 Å². The third-order valence-corrected chi connectivity index (χ3v) is 7.21. The van der Waals surface area contributed by atoms with E-state index >= 15 is 0 Å². The molecule has 0 saturated heterocycles. The number of ketones is 1. The van der Waals surface area contributed by atoms with Gasteiger partial charge in [0.25, 0.3) is 11.8 Å². The Morgan fingerprint density at radius 1 is 0.791 bits per heavy atom. The van der Waals surface area contributed by atoms with Crippen molar-refractivity contribution in [3.05, 3.63) is 119 Å². The van der Waals surface area contributed by atoms with Crippen LogP contribution in [0.4, 0.5) is 5.69 Å². The summed E-state index contributed by atoms with van der Waals surface area (Å²) in [6.45, 7) is 2.46. The number of anilines is 1. The lowest BCUT2D eigenvalue weighted by atomic mass is 10.1. The normalized spacial score (nSPS) is 10.9. The van der Waals surface area contributed by atoms with E-state index in [1.165, 1.54) is 32.1 Å². The fraction of sp³-hybridized carbons (Fsp3) is 0.147. The average Bonchev–Trinajstić information content (AvgIpc) is 3.04. The maximum Gasteiger partial charge on any atom is 0.272 e. The Hall–Kier alpha value is -5.02. The summed E-state index contributed by atoms with van der Waals surface area (Å²) < 4.78 is 16.2. The minimum Gasteiger partial charge on any atom is -0.497 e. The number of carbonyl (C=O) groups excluding carboxylic acids is 3. The summed E-state index contributed by atoms with van der Waals surface area (Å²) in [6.07, 6.45) is 1.53. The van der Waals surface area contributed by atoms with E-state index in [4.69, 9.17) is 14.2 Å². The maximum atomic E-state index is 13.5. The zero-order valence-electron chi connectivity index (χ0n) is 24.1. The second kappa shape index (κ2) is 15.3. The smallest absolute Gasteiger partial charge is 0.272 e. The van der Waals surface area contributed by atoms with E-state index in [0.717, 1.165) is 4.90 Å². The highest BCUT2D eigenvalue weighted by Gasteiger charge is 2.17. The minimum atomic E-state index is -0.540. The van der Waals surface area contributed by atoms with Crippen LogP contribution in [0.25, 0.3) is 6.08 Å². The molecule has 2 amide bonds. The molecular weight excluding hydrogens is 564 g/mol. The summed E-state index contributed by atoms with van der Waals surface area (Å²) >= 11 is 1.36. The van der Waals surface area contributed by atoms with Gasteiger partial charge in [0.1, 0.15) is 22.9 Å². The van der Waals surface area contributed by atoms with E-state index in [-0.39, 0.29) is 17.2 Å². The molecule has 0 aliphatic heterocycles. The second-order valence-electron chi connectivity index (χ2n) is 9.14. The molecule has 0 radical (unpaired) electrons. The first kappa shape index (κ1) is 30.9. The van der Waals surface area contributed by atoms with Gasteiger partial charge >= 0.3 is 0 Å². The van der Waals surface area contributed by atoms with Crippen LogP contribution in [0, 0.1) is 0 Å². The van der Waals surface area contributed by atoms with Crippen LogP contribution in [-0.2, 0) is 4.79 Å². The molecule has 0 aromatic heterocycles. The SMILES string of the molecule is CCOc1ccc(C(=O)CSc2cccc(NC(=O)/C(=C/c3cc(OC)ccc3OC)NC(=O)c3ccccc3)c2)cc1. The Morgan fingerprint density at radius 2 is 1.53 bits per heavy atom. The highest BCUT2D eigenvalue weighted by molar-refractivity contribution is 8.00. The quantitative estimate of drug-likeness (QED) is 0.103. The van der Waals surface area contributed by atoms with E-state index < -0.39 is 11.8 Å². The molecule has 43 heavy (non-hydrogen) atoms. The van der Waals surface area contributed by atoms with Crippen molar-refractivity contribution in [1.82, 2.24) is 5.32 Å². The predicted molar refractivity (Wildman–Crippen MR) is 169 cm³/mol. The van der Waals surface area contributed by atoms with Gasteiger partial charge in [-0.05, 0) is 85.8 Å². The Balaban J connectivity index is 1.52. The Kier molecular flexibility index (Phi) is 11.0. The molecule has 8 nitrogen and oxygen atoms in total. The summed E-state index contributed by atoms with van der Waals surface area (Å²) in [5.74, 6) is 0.986. The van der Waals surface area contributed by atoms with Gasteiger partial charge in [0.05, 0.1) is 26.6 Å². The van der Waals surface area contributed by atoms with E-state index in [9.17, 15) is 14.4 Å². The largest absolute Gasteiger partial charge is 0.497 e. The van der Waals surface area contributed by atoms with Crippen molar-refractivity contribution < 1.29 is 28.6 Å². The lowest BCUT2D eigenvalue weighted by Gasteiger charge is -2.13. The van der Waals surface area contributed by atoms with Crippen molar-refractivity contribution >= 4 is 41.1 Å². The van der Waals surface area contributed by atoms with Gasteiger partial charge in [-0.25, -0.2) is 0 Å². The first-order valence-electron chi connectivity index (χ1n) is 13.5. The first-order valence-corrected chi connectivity index (χ1v) is 14.5. The Labute approximate surface area is 255 Å². The zero-order chi connectivity index (χ0) is 30.6. The van der Waals surface area contributed by atoms with Crippen LogP contribution in [0.2, 0.25) is 0 Å². The molecule has 4 rings (SSSR count). The molecule has 9 heteroatoms. The summed E-state index contributed by atoms with van der Waals surface area (Å²) in [5, 5.41) is 5.59. The monoisotopic (exact) mass is 596 g/mol. The maximum absolute atomic E-state index is 13.5. The van der Waals surface area contributed by atoms with Gasteiger partial charge in [0.2, 0.25) is 0 Å². The van der Waals surface area contributed by atoms with Crippen LogP contribution >= 0.6 is 11.8 Å². The van der Waals surface area contributed by atoms with Gasteiger partial charge in [-0.1, -0.05) is 24.3 Å². The summed E-state index contributed by atoms with van der Waals surface area (Å²) in [6, 6.07) is 28.0. The number of benzene rings is 4. The standard InChI is InChI=1S/C34H32N2O6S/c1-4-42-27-15-13-23(14-16-27)31(37)22-43-29-12-8-11-26(21-29)35-34(39)30(36-33(38)24-9-6-5-7-10-24)20-25-19-28(40-2)17-18-32(25)41-3/h5-21H,4,22H2,1-3H3,(H,35,39)(H,36,38)/b30-20-.